The van der Waals surface area contributed by atoms with Crippen molar-refractivity contribution in [1.29, 1.82) is 0 Å². The molecule has 0 atom stereocenters. The lowest BCUT2D eigenvalue weighted by molar-refractivity contribution is 0.0596. The summed E-state index contributed by atoms with van der Waals surface area (Å²) in [7, 11) is 1.52. The van der Waals surface area contributed by atoms with Crippen LogP contribution in [-0.2, 0) is 4.84 Å². The Kier molecular flexibility index (Phi) is 6.55. The molecule has 0 aromatic heterocycles. The summed E-state index contributed by atoms with van der Waals surface area (Å²) in [6.07, 6.45) is 0. The van der Waals surface area contributed by atoms with Crippen LogP contribution in [0.15, 0.2) is 83.0 Å². The lowest BCUT2D eigenvalue weighted by Crippen LogP contribution is -2.10. The van der Waals surface area contributed by atoms with Gasteiger partial charge in [-0.1, -0.05) is 23.7 Å². The number of hydrogen-bond donors (Lipinski definition) is 1. The summed E-state index contributed by atoms with van der Waals surface area (Å²) in [5, 5.41) is 8.06. The first-order chi connectivity index (χ1) is 14.0. The number of carbonyl (C=O) groups is 2. The van der Waals surface area contributed by atoms with E-state index in [4.69, 9.17) is 21.2 Å². The second kappa shape index (κ2) is 9.48. The van der Waals surface area contributed by atoms with E-state index in [1.807, 2.05) is 0 Å². The van der Waals surface area contributed by atoms with E-state index in [2.05, 4.69) is 15.7 Å². The second-order valence-electron chi connectivity index (χ2n) is 5.79. The van der Waals surface area contributed by atoms with E-state index in [-0.39, 0.29) is 0 Å². The molecule has 1 amide bonds. The second-order valence-corrected chi connectivity index (χ2v) is 6.22. The molecule has 0 aliphatic rings. The number of halogens is 1. The molecule has 0 radical (unpaired) electrons. The fourth-order valence-corrected chi connectivity index (χ4v) is 2.48. The van der Waals surface area contributed by atoms with Crippen LogP contribution in [0.5, 0.6) is 5.75 Å². The molecular formula is C21H16ClN3O4. The number of ether oxygens (including phenoxy) is 1. The van der Waals surface area contributed by atoms with E-state index in [1.165, 1.54) is 13.2 Å². The molecule has 0 unspecified atom stereocenters. The number of nitrogens with zero attached hydrogens (tertiary/aromatic N) is 2. The van der Waals surface area contributed by atoms with E-state index in [9.17, 15) is 9.59 Å². The number of anilines is 1. The highest BCUT2D eigenvalue weighted by molar-refractivity contribution is 6.30. The van der Waals surface area contributed by atoms with Crippen molar-refractivity contribution in [2.24, 2.45) is 10.2 Å². The molecule has 0 saturated heterocycles. The van der Waals surface area contributed by atoms with Crippen molar-refractivity contribution in [3.63, 3.8) is 0 Å². The maximum Gasteiger partial charge on any atom is 0.362 e. The maximum atomic E-state index is 12.1. The molecule has 0 aliphatic carbocycles. The number of methoxy groups -OCH3 is 1. The summed E-state index contributed by atoms with van der Waals surface area (Å²) in [4.78, 5) is 29.1. The molecular weight excluding hydrogens is 394 g/mol. The number of rotatable bonds is 6. The van der Waals surface area contributed by atoms with E-state index in [1.54, 1.807) is 66.7 Å². The van der Waals surface area contributed by atoms with Crippen LogP contribution in [0.1, 0.15) is 20.7 Å². The number of nitrogens with one attached hydrogen (secondary N) is 1. The highest BCUT2D eigenvalue weighted by atomic mass is 35.5. The number of hydrogen-bond acceptors (Lipinski definition) is 6. The Morgan fingerprint density at radius 3 is 2.38 bits per heavy atom. The summed E-state index contributed by atoms with van der Waals surface area (Å²) < 4.78 is 5.08. The highest BCUT2D eigenvalue weighted by Crippen LogP contribution is 2.19. The standard InChI is InChI=1S/C21H16ClN3O4/c1-28-19-7-3-4-14(13-19)20(26)24-23-17-8-10-18(11-9-17)25-29-21(27)15-5-2-6-16(22)12-15/h2-13,25H,1H3. The van der Waals surface area contributed by atoms with E-state index in [0.29, 0.717) is 33.3 Å². The van der Waals surface area contributed by atoms with Gasteiger partial charge < -0.3 is 9.57 Å². The molecule has 7 nitrogen and oxygen atoms in total. The fourth-order valence-electron chi connectivity index (χ4n) is 2.29. The van der Waals surface area contributed by atoms with Crippen molar-refractivity contribution in [2.45, 2.75) is 0 Å². The van der Waals surface area contributed by atoms with Gasteiger partial charge in [0.15, 0.2) is 0 Å². The Bertz CT molecular complexity index is 1050. The van der Waals surface area contributed by atoms with Gasteiger partial charge in [-0.05, 0) is 60.7 Å². The number of amides is 1. The normalized spacial score (nSPS) is 10.6. The van der Waals surface area contributed by atoms with Crippen molar-refractivity contribution in [2.75, 3.05) is 12.6 Å². The molecule has 0 fully saturated rings. The van der Waals surface area contributed by atoms with Gasteiger partial charge >= 0.3 is 5.97 Å². The van der Waals surface area contributed by atoms with Gasteiger partial charge in [-0.25, -0.2) is 10.3 Å². The Balaban J connectivity index is 1.57. The third kappa shape index (κ3) is 5.63. The first kappa shape index (κ1) is 20.0. The Labute approximate surface area is 171 Å². The summed E-state index contributed by atoms with van der Waals surface area (Å²) in [6, 6.07) is 19.6. The third-order valence-electron chi connectivity index (χ3n) is 3.76. The molecule has 0 bridgehead atoms. The zero-order chi connectivity index (χ0) is 20.6. The molecule has 0 heterocycles. The van der Waals surface area contributed by atoms with Crippen LogP contribution in [0.3, 0.4) is 0 Å². The molecule has 1 N–H and O–H groups in total. The van der Waals surface area contributed by atoms with Crippen LogP contribution < -0.4 is 10.2 Å². The maximum absolute atomic E-state index is 12.1. The molecule has 29 heavy (non-hydrogen) atoms. The summed E-state index contributed by atoms with van der Waals surface area (Å²) >= 11 is 5.85. The average molecular weight is 410 g/mol. The molecule has 0 saturated carbocycles. The van der Waals surface area contributed by atoms with E-state index >= 15 is 0 Å². The van der Waals surface area contributed by atoms with Crippen LogP contribution in [0.2, 0.25) is 5.02 Å². The number of azo groups is 1. The zero-order valence-corrected chi connectivity index (χ0v) is 16.1. The van der Waals surface area contributed by atoms with Gasteiger partial charge in [0.1, 0.15) is 5.75 Å². The van der Waals surface area contributed by atoms with Gasteiger partial charge in [-0.3, -0.25) is 4.79 Å². The molecule has 3 rings (SSSR count). The lowest BCUT2D eigenvalue weighted by Gasteiger charge is -2.07. The molecule has 3 aromatic carbocycles. The number of benzene rings is 3. The van der Waals surface area contributed by atoms with Gasteiger partial charge in [0.2, 0.25) is 0 Å². The Morgan fingerprint density at radius 2 is 1.66 bits per heavy atom. The van der Waals surface area contributed by atoms with Crippen LogP contribution in [-0.4, -0.2) is 19.0 Å². The van der Waals surface area contributed by atoms with Crippen LogP contribution in [0.4, 0.5) is 11.4 Å². The highest BCUT2D eigenvalue weighted by Gasteiger charge is 2.08. The zero-order valence-electron chi connectivity index (χ0n) is 15.3. The minimum absolute atomic E-state index is 0.325. The Hall–Kier alpha value is -3.71. The van der Waals surface area contributed by atoms with Crippen molar-refractivity contribution < 1.29 is 19.2 Å². The number of carbonyl (C=O) groups excluding carboxylic acids is 2. The molecule has 8 heteroatoms. The fraction of sp³-hybridized carbons (Fsp3) is 0.0476. The van der Waals surface area contributed by atoms with Gasteiger partial charge in [0.05, 0.1) is 24.0 Å². The predicted octanol–water partition coefficient (Wildman–Crippen LogP) is 5.46. The monoisotopic (exact) mass is 409 g/mol. The van der Waals surface area contributed by atoms with Crippen molar-refractivity contribution in [3.8, 4) is 5.75 Å². The van der Waals surface area contributed by atoms with Gasteiger partial charge in [-0.15, -0.1) is 10.2 Å². The summed E-state index contributed by atoms with van der Waals surface area (Å²) in [6.45, 7) is 0. The van der Waals surface area contributed by atoms with Crippen LogP contribution in [0.25, 0.3) is 0 Å². The minimum Gasteiger partial charge on any atom is -0.497 e. The van der Waals surface area contributed by atoms with Crippen molar-refractivity contribution >= 4 is 34.9 Å². The van der Waals surface area contributed by atoms with Crippen molar-refractivity contribution in [1.82, 2.24) is 0 Å². The van der Waals surface area contributed by atoms with Crippen molar-refractivity contribution in [3.05, 3.63) is 88.9 Å². The van der Waals surface area contributed by atoms with Gasteiger partial charge in [0.25, 0.3) is 5.91 Å². The quantitative estimate of drug-likeness (QED) is 0.431. The largest absolute Gasteiger partial charge is 0.497 e. The summed E-state index contributed by atoms with van der Waals surface area (Å²) in [5.41, 5.74) is 4.24. The first-order valence-electron chi connectivity index (χ1n) is 8.48. The predicted molar refractivity (Wildman–Crippen MR) is 109 cm³/mol. The average Bonchev–Trinajstić information content (AvgIpc) is 2.76. The SMILES string of the molecule is COc1cccc(C(=O)N=Nc2ccc(NOC(=O)c3cccc(Cl)c3)cc2)c1. The van der Waals surface area contributed by atoms with Gasteiger partial charge in [-0.2, -0.15) is 0 Å². The smallest absolute Gasteiger partial charge is 0.362 e. The molecule has 3 aromatic rings. The van der Waals surface area contributed by atoms with Gasteiger partial charge in [0, 0.05) is 10.6 Å². The third-order valence-corrected chi connectivity index (χ3v) is 4.00. The summed E-state index contributed by atoms with van der Waals surface area (Å²) in [5.74, 6) is -0.490. The molecule has 0 aliphatic heterocycles. The topological polar surface area (TPSA) is 89.3 Å². The van der Waals surface area contributed by atoms with Crippen LogP contribution >= 0.6 is 11.6 Å². The van der Waals surface area contributed by atoms with Crippen LogP contribution in [0, 0.1) is 0 Å². The van der Waals surface area contributed by atoms with E-state index in [0.717, 1.165) is 0 Å². The molecule has 0 spiro atoms. The molecule has 146 valence electrons. The first-order valence-corrected chi connectivity index (χ1v) is 8.86. The minimum atomic E-state index is -0.569. The Morgan fingerprint density at radius 1 is 0.931 bits per heavy atom. The van der Waals surface area contributed by atoms with E-state index < -0.39 is 11.9 Å². The lowest BCUT2D eigenvalue weighted by atomic mass is 10.2.